The van der Waals surface area contributed by atoms with Crippen LogP contribution in [-0.4, -0.2) is 36.4 Å². The van der Waals surface area contributed by atoms with Crippen LogP contribution in [-0.2, 0) is 19.1 Å². The van der Waals surface area contributed by atoms with Gasteiger partial charge in [0.1, 0.15) is 6.61 Å². The zero-order valence-electron chi connectivity index (χ0n) is 44.5. The Bertz CT molecular complexity index is 906. The molecule has 0 saturated carbocycles. The van der Waals surface area contributed by atoms with Crippen LogP contribution in [0.1, 0.15) is 354 Å². The quantitative estimate of drug-likeness (QED) is 0.0486. The number of aliphatic hydroxyl groups excluding tert-OH is 1. The highest BCUT2D eigenvalue weighted by atomic mass is 16.6. The van der Waals surface area contributed by atoms with Gasteiger partial charge in [0.15, 0.2) is 6.10 Å². The monoisotopic (exact) mass is 919 g/mol. The highest BCUT2D eigenvalue weighted by molar-refractivity contribution is 5.70. The molecule has 0 amide bonds. The Morgan fingerprint density at radius 2 is 0.477 bits per heavy atom. The average Bonchev–Trinajstić information content (AvgIpc) is 3.31. The number of hydrogen-bond donors (Lipinski definition) is 1. The van der Waals surface area contributed by atoms with Crippen molar-refractivity contribution in [2.75, 3.05) is 13.2 Å². The Hall–Kier alpha value is -1.10. The van der Waals surface area contributed by atoms with Crippen LogP contribution in [0.25, 0.3) is 0 Å². The van der Waals surface area contributed by atoms with Crippen molar-refractivity contribution in [3.8, 4) is 0 Å². The van der Waals surface area contributed by atoms with Gasteiger partial charge in [0.2, 0.25) is 0 Å². The molecule has 0 aliphatic heterocycles. The van der Waals surface area contributed by atoms with Crippen LogP contribution in [0.3, 0.4) is 0 Å². The third-order valence-electron chi connectivity index (χ3n) is 14.2. The van der Waals surface area contributed by atoms with Gasteiger partial charge >= 0.3 is 11.9 Å². The molecule has 0 fully saturated rings. The molecule has 0 aromatic carbocycles. The number of carbonyl (C=O) groups is 2. The largest absolute Gasteiger partial charge is 0.462 e. The van der Waals surface area contributed by atoms with Crippen LogP contribution >= 0.6 is 0 Å². The lowest BCUT2D eigenvalue weighted by atomic mass is 10.0. The summed E-state index contributed by atoms with van der Waals surface area (Å²) < 4.78 is 10.7. The van der Waals surface area contributed by atoms with Crippen molar-refractivity contribution in [1.29, 1.82) is 0 Å². The van der Waals surface area contributed by atoms with Crippen LogP contribution < -0.4 is 0 Å². The molecule has 0 aliphatic rings. The van der Waals surface area contributed by atoms with E-state index in [1.54, 1.807) is 0 Å². The highest BCUT2D eigenvalue weighted by Crippen LogP contribution is 2.19. The molecule has 1 atom stereocenters. The van der Waals surface area contributed by atoms with Crippen LogP contribution in [0.5, 0.6) is 0 Å². The van der Waals surface area contributed by atoms with Crippen molar-refractivity contribution in [2.45, 2.75) is 360 Å². The van der Waals surface area contributed by atoms with Gasteiger partial charge in [0.05, 0.1) is 6.61 Å². The van der Waals surface area contributed by atoms with Gasteiger partial charge in [-0.1, -0.05) is 328 Å². The summed E-state index contributed by atoms with van der Waals surface area (Å²) in [7, 11) is 0. The third kappa shape index (κ3) is 55.4. The molecule has 5 nitrogen and oxygen atoms in total. The molecule has 0 aromatic heterocycles. The van der Waals surface area contributed by atoms with Gasteiger partial charge in [-0.2, -0.15) is 0 Å². The number of aliphatic hydroxyl groups is 1. The number of carbonyl (C=O) groups excluding carboxylic acids is 2. The normalized spacial score (nSPS) is 12.0. The second-order valence-electron chi connectivity index (χ2n) is 20.8. The number of ether oxygens (including phenoxy) is 2. The van der Waals surface area contributed by atoms with Crippen LogP contribution in [0.15, 0.2) is 0 Å². The Balaban J connectivity index is 3.38. The Morgan fingerprint density at radius 1 is 0.292 bits per heavy atom. The summed E-state index contributed by atoms with van der Waals surface area (Å²) in [5.41, 5.74) is 0. The maximum absolute atomic E-state index is 12.3. The minimum atomic E-state index is -0.764. The molecule has 0 radical (unpaired) electrons. The van der Waals surface area contributed by atoms with E-state index in [0.717, 1.165) is 32.1 Å². The molecule has 0 spiro atoms. The van der Waals surface area contributed by atoms with E-state index in [9.17, 15) is 14.7 Å². The van der Waals surface area contributed by atoms with Crippen molar-refractivity contribution in [1.82, 2.24) is 0 Å². The molecule has 1 unspecified atom stereocenters. The molecular weight excluding hydrogens is 801 g/mol. The first kappa shape index (κ1) is 63.9. The number of rotatable bonds is 57. The van der Waals surface area contributed by atoms with Crippen LogP contribution in [0, 0.1) is 0 Å². The van der Waals surface area contributed by atoms with Gasteiger partial charge in [-0.25, -0.2) is 0 Å². The summed E-state index contributed by atoms with van der Waals surface area (Å²) in [5, 5.41) is 9.66. The van der Waals surface area contributed by atoms with Crippen LogP contribution in [0.2, 0.25) is 0 Å². The molecule has 0 saturated heterocycles. The summed E-state index contributed by atoms with van der Waals surface area (Å²) in [6, 6.07) is 0. The van der Waals surface area contributed by atoms with E-state index in [1.807, 2.05) is 0 Å². The molecule has 1 N–H and O–H groups in total. The minimum Gasteiger partial charge on any atom is -0.462 e. The van der Waals surface area contributed by atoms with Crippen molar-refractivity contribution in [3.63, 3.8) is 0 Å². The first-order valence-corrected chi connectivity index (χ1v) is 30.1. The minimum absolute atomic E-state index is 0.0555. The molecule has 388 valence electrons. The average molecular weight is 920 g/mol. The van der Waals surface area contributed by atoms with Gasteiger partial charge in [0.25, 0.3) is 0 Å². The van der Waals surface area contributed by atoms with Crippen molar-refractivity contribution in [2.24, 2.45) is 0 Å². The van der Waals surface area contributed by atoms with Gasteiger partial charge in [-0.3, -0.25) is 9.59 Å². The Kier molecular flexibility index (Phi) is 56.3. The molecule has 0 aromatic rings. The third-order valence-corrected chi connectivity index (χ3v) is 14.2. The fraction of sp³-hybridized carbons (Fsp3) is 0.967. The molecule has 0 rings (SSSR count). The number of unbranched alkanes of at least 4 members (excludes halogenated alkanes) is 49. The van der Waals surface area contributed by atoms with Gasteiger partial charge in [0, 0.05) is 12.8 Å². The van der Waals surface area contributed by atoms with E-state index in [4.69, 9.17) is 9.47 Å². The van der Waals surface area contributed by atoms with Gasteiger partial charge in [-0.05, 0) is 12.8 Å². The SMILES string of the molecule is CCCCCCCCCCCCCCCCCCCCCCCCCCCCCC(=O)OC(CO)COC(=O)CCCCCCCCCCCCCCCCCCCCCCCCCC. The second-order valence-corrected chi connectivity index (χ2v) is 20.8. The lowest BCUT2D eigenvalue weighted by Gasteiger charge is -2.15. The highest BCUT2D eigenvalue weighted by Gasteiger charge is 2.16. The summed E-state index contributed by atoms with van der Waals surface area (Å²) in [6.45, 7) is 4.22. The topological polar surface area (TPSA) is 72.8 Å². The molecule has 0 bridgehead atoms. The Labute approximate surface area is 408 Å². The second kappa shape index (κ2) is 57.2. The van der Waals surface area contributed by atoms with E-state index in [-0.39, 0.29) is 25.2 Å². The maximum atomic E-state index is 12.3. The predicted molar refractivity (Wildman–Crippen MR) is 284 cm³/mol. The number of esters is 2. The smallest absolute Gasteiger partial charge is 0.306 e. The van der Waals surface area contributed by atoms with Gasteiger partial charge < -0.3 is 14.6 Å². The zero-order chi connectivity index (χ0) is 47.0. The maximum Gasteiger partial charge on any atom is 0.306 e. The van der Waals surface area contributed by atoms with E-state index < -0.39 is 6.10 Å². The zero-order valence-corrected chi connectivity index (χ0v) is 44.5. The van der Waals surface area contributed by atoms with E-state index in [1.165, 1.54) is 295 Å². The van der Waals surface area contributed by atoms with Crippen molar-refractivity contribution >= 4 is 11.9 Å². The fourth-order valence-electron chi connectivity index (χ4n) is 9.62. The number of hydrogen-bond acceptors (Lipinski definition) is 5. The van der Waals surface area contributed by atoms with Crippen molar-refractivity contribution < 1.29 is 24.2 Å². The summed E-state index contributed by atoms with van der Waals surface area (Å²) in [4.78, 5) is 24.5. The van der Waals surface area contributed by atoms with Gasteiger partial charge in [-0.15, -0.1) is 0 Å². The molecule has 5 heteroatoms. The summed E-state index contributed by atoms with van der Waals surface area (Å²) in [6.07, 6.45) is 69.6. The molecule has 0 heterocycles. The first-order chi connectivity index (χ1) is 32.1. The lowest BCUT2D eigenvalue weighted by molar-refractivity contribution is -0.161. The Morgan fingerprint density at radius 3 is 0.677 bits per heavy atom. The molecule has 0 aliphatic carbocycles. The van der Waals surface area contributed by atoms with E-state index >= 15 is 0 Å². The summed E-state index contributed by atoms with van der Waals surface area (Å²) >= 11 is 0. The van der Waals surface area contributed by atoms with Crippen molar-refractivity contribution in [3.05, 3.63) is 0 Å². The molecule has 65 heavy (non-hydrogen) atoms. The fourth-order valence-corrected chi connectivity index (χ4v) is 9.62. The first-order valence-electron chi connectivity index (χ1n) is 30.1. The van der Waals surface area contributed by atoms with E-state index in [0.29, 0.717) is 12.8 Å². The standard InChI is InChI=1S/C60H118O5/c1-3-5-7-9-11-13-15-17-19-21-23-25-27-29-30-31-33-35-37-39-41-43-45-47-49-51-53-55-60(63)65-58(56-61)57-64-59(62)54-52-50-48-46-44-42-40-38-36-34-32-28-26-24-22-20-18-16-14-12-10-8-6-4-2/h58,61H,3-57H2,1-2H3. The van der Waals surface area contributed by atoms with Crippen LogP contribution in [0.4, 0.5) is 0 Å². The predicted octanol–water partition coefficient (Wildman–Crippen LogP) is 20.1. The van der Waals surface area contributed by atoms with E-state index in [2.05, 4.69) is 13.8 Å². The lowest BCUT2D eigenvalue weighted by Crippen LogP contribution is -2.28. The summed E-state index contributed by atoms with van der Waals surface area (Å²) in [5.74, 6) is -0.561. The molecular formula is C60H118O5.